The third kappa shape index (κ3) is 3.85. The van der Waals surface area contributed by atoms with Gasteiger partial charge in [-0.25, -0.2) is 4.90 Å². The quantitative estimate of drug-likeness (QED) is 0.478. The molecule has 1 aromatic carbocycles. The van der Waals surface area contributed by atoms with Crippen molar-refractivity contribution in [1.29, 1.82) is 5.26 Å². The summed E-state index contributed by atoms with van der Waals surface area (Å²) < 4.78 is 37.5. The molecule has 0 aliphatic carbocycles. The van der Waals surface area contributed by atoms with Crippen LogP contribution in [0.25, 0.3) is 0 Å². The van der Waals surface area contributed by atoms with E-state index in [1.54, 1.807) is 6.19 Å². The zero-order valence-corrected chi connectivity index (χ0v) is 9.94. The molecule has 0 radical (unpaired) electrons. The van der Waals surface area contributed by atoms with Crippen molar-refractivity contribution in [1.82, 2.24) is 4.90 Å². The van der Waals surface area contributed by atoms with Crippen molar-refractivity contribution >= 4 is 5.91 Å². The highest BCUT2D eigenvalue weighted by Gasteiger charge is 2.31. The number of hydrogen-bond acceptors (Lipinski definition) is 2. The Bertz CT molecular complexity index is 517. The van der Waals surface area contributed by atoms with E-state index in [4.69, 9.17) is 5.26 Å². The van der Waals surface area contributed by atoms with Crippen molar-refractivity contribution in [3.63, 3.8) is 0 Å². The summed E-state index contributed by atoms with van der Waals surface area (Å²) in [7, 11) is 0. The number of hydrogen-bond donors (Lipinski definition) is 0. The van der Waals surface area contributed by atoms with Gasteiger partial charge in [-0.05, 0) is 24.6 Å². The summed E-state index contributed by atoms with van der Waals surface area (Å²) in [5.41, 5.74) is -1.08. The van der Waals surface area contributed by atoms with Gasteiger partial charge in [-0.3, -0.25) is 4.79 Å². The second-order valence-electron chi connectivity index (χ2n) is 3.71. The fourth-order valence-corrected chi connectivity index (χ4v) is 1.40. The van der Waals surface area contributed by atoms with Gasteiger partial charge in [0, 0.05) is 12.1 Å². The maximum Gasteiger partial charge on any atom is 0.416 e. The number of alkyl halides is 3. The second-order valence-corrected chi connectivity index (χ2v) is 3.71. The molecule has 0 N–H and O–H groups in total. The number of carbonyl (C=O) groups is 1. The normalized spacial score (nSPS) is 10.6. The zero-order valence-electron chi connectivity index (χ0n) is 9.94. The molecule has 19 heavy (non-hydrogen) atoms. The monoisotopic (exact) mass is 268 g/mol. The standard InChI is InChI=1S/C13H11F3N2O/c1-2-3-7-18(9-17)12(19)10-5-4-6-11(8-10)13(14,15)16/h2,4-6,8H,1,3,7H2. The van der Waals surface area contributed by atoms with Crippen molar-refractivity contribution in [2.24, 2.45) is 0 Å². The third-order valence-corrected chi connectivity index (χ3v) is 2.36. The summed E-state index contributed by atoms with van der Waals surface area (Å²) in [5, 5.41) is 8.81. The molecule has 3 nitrogen and oxygen atoms in total. The summed E-state index contributed by atoms with van der Waals surface area (Å²) in [6, 6.07) is 3.99. The summed E-state index contributed by atoms with van der Waals surface area (Å²) in [6.07, 6.45) is -0.966. The lowest BCUT2D eigenvalue weighted by atomic mass is 10.1. The van der Waals surface area contributed by atoms with Crippen LogP contribution in [0.1, 0.15) is 22.3 Å². The molecule has 0 spiro atoms. The number of amides is 1. The van der Waals surface area contributed by atoms with Gasteiger partial charge >= 0.3 is 6.18 Å². The van der Waals surface area contributed by atoms with Gasteiger partial charge in [0.2, 0.25) is 0 Å². The smallest absolute Gasteiger partial charge is 0.268 e. The fourth-order valence-electron chi connectivity index (χ4n) is 1.40. The van der Waals surface area contributed by atoms with Crippen LogP contribution in [-0.4, -0.2) is 17.4 Å². The molecule has 0 unspecified atom stereocenters. The Morgan fingerprint density at radius 1 is 1.47 bits per heavy atom. The molecular formula is C13H11F3N2O. The van der Waals surface area contributed by atoms with Gasteiger partial charge in [0.05, 0.1) is 5.56 Å². The molecule has 0 saturated heterocycles. The van der Waals surface area contributed by atoms with Crippen molar-refractivity contribution in [2.45, 2.75) is 12.6 Å². The number of nitriles is 1. The molecule has 1 amide bonds. The summed E-state index contributed by atoms with van der Waals surface area (Å²) in [4.78, 5) is 12.7. The first-order valence-corrected chi connectivity index (χ1v) is 5.40. The van der Waals surface area contributed by atoms with E-state index in [9.17, 15) is 18.0 Å². The van der Waals surface area contributed by atoms with E-state index in [1.807, 2.05) is 0 Å². The molecule has 0 saturated carbocycles. The van der Waals surface area contributed by atoms with Crippen LogP contribution in [-0.2, 0) is 6.18 Å². The second kappa shape index (κ2) is 6.05. The maximum atomic E-state index is 12.5. The lowest BCUT2D eigenvalue weighted by Gasteiger charge is -2.14. The summed E-state index contributed by atoms with van der Waals surface area (Å²) >= 11 is 0. The van der Waals surface area contributed by atoms with Gasteiger partial charge in [0.15, 0.2) is 6.19 Å². The SMILES string of the molecule is C=CCCN(C#N)C(=O)c1cccc(C(F)(F)F)c1. The average molecular weight is 268 g/mol. The van der Waals surface area contributed by atoms with Gasteiger partial charge < -0.3 is 0 Å². The van der Waals surface area contributed by atoms with E-state index in [0.29, 0.717) is 6.42 Å². The summed E-state index contributed by atoms with van der Waals surface area (Å²) in [6.45, 7) is 3.54. The first-order valence-electron chi connectivity index (χ1n) is 5.40. The first kappa shape index (κ1) is 14.8. The van der Waals surface area contributed by atoms with E-state index in [1.165, 1.54) is 12.1 Å². The molecule has 1 aromatic rings. The molecule has 0 aliphatic rings. The van der Waals surface area contributed by atoms with Crippen LogP contribution in [0.5, 0.6) is 0 Å². The Hall–Kier alpha value is -2.29. The minimum Gasteiger partial charge on any atom is -0.268 e. The Balaban J connectivity index is 2.99. The molecule has 0 aliphatic heterocycles. The molecule has 0 heterocycles. The van der Waals surface area contributed by atoms with Gasteiger partial charge in [-0.1, -0.05) is 12.1 Å². The van der Waals surface area contributed by atoms with Crippen molar-refractivity contribution in [3.8, 4) is 6.19 Å². The van der Waals surface area contributed by atoms with Gasteiger partial charge in [0.25, 0.3) is 5.91 Å². The Kier molecular flexibility index (Phi) is 4.70. The first-order chi connectivity index (χ1) is 8.90. The molecule has 0 fully saturated rings. The molecule has 0 aromatic heterocycles. The van der Waals surface area contributed by atoms with Crippen LogP contribution in [0.3, 0.4) is 0 Å². The number of benzene rings is 1. The largest absolute Gasteiger partial charge is 0.416 e. The highest BCUT2D eigenvalue weighted by atomic mass is 19.4. The average Bonchev–Trinajstić information content (AvgIpc) is 2.38. The van der Waals surface area contributed by atoms with Crippen molar-refractivity contribution in [3.05, 3.63) is 48.0 Å². The fraction of sp³-hybridized carbons (Fsp3) is 0.231. The zero-order chi connectivity index (χ0) is 14.5. The van der Waals surface area contributed by atoms with Gasteiger partial charge in [0.1, 0.15) is 0 Å². The van der Waals surface area contributed by atoms with Crippen LogP contribution in [0.15, 0.2) is 36.9 Å². The lowest BCUT2D eigenvalue weighted by molar-refractivity contribution is -0.137. The van der Waals surface area contributed by atoms with Crippen LogP contribution in [0, 0.1) is 11.5 Å². The Morgan fingerprint density at radius 3 is 2.68 bits per heavy atom. The number of nitrogens with zero attached hydrogens (tertiary/aromatic N) is 2. The molecule has 0 bridgehead atoms. The van der Waals surface area contributed by atoms with E-state index in [0.717, 1.165) is 23.1 Å². The predicted octanol–water partition coefficient (Wildman–Crippen LogP) is 3.20. The van der Waals surface area contributed by atoms with Gasteiger partial charge in [-0.2, -0.15) is 18.4 Å². The van der Waals surface area contributed by atoms with E-state index in [2.05, 4.69) is 6.58 Å². The molecule has 100 valence electrons. The van der Waals surface area contributed by atoms with E-state index >= 15 is 0 Å². The highest BCUT2D eigenvalue weighted by molar-refractivity contribution is 5.95. The van der Waals surface area contributed by atoms with Gasteiger partial charge in [-0.15, -0.1) is 6.58 Å². The summed E-state index contributed by atoms with van der Waals surface area (Å²) in [5.74, 6) is -0.754. The number of carbonyl (C=O) groups excluding carboxylic acids is 1. The Morgan fingerprint density at radius 2 is 2.16 bits per heavy atom. The lowest BCUT2D eigenvalue weighted by Crippen LogP contribution is -2.27. The minimum atomic E-state index is -4.52. The van der Waals surface area contributed by atoms with Crippen LogP contribution in [0.4, 0.5) is 13.2 Å². The molecule has 1 rings (SSSR count). The topological polar surface area (TPSA) is 44.1 Å². The maximum absolute atomic E-state index is 12.5. The van der Waals surface area contributed by atoms with Crippen LogP contribution < -0.4 is 0 Å². The molecule has 0 atom stereocenters. The minimum absolute atomic E-state index is 0.0923. The van der Waals surface area contributed by atoms with Crippen LogP contribution >= 0.6 is 0 Å². The predicted molar refractivity (Wildman–Crippen MR) is 62.9 cm³/mol. The number of rotatable bonds is 4. The molecule has 6 heteroatoms. The van der Waals surface area contributed by atoms with E-state index < -0.39 is 17.6 Å². The van der Waals surface area contributed by atoms with Crippen molar-refractivity contribution < 1.29 is 18.0 Å². The number of halogens is 3. The van der Waals surface area contributed by atoms with Crippen LogP contribution in [0.2, 0.25) is 0 Å². The molecular weight excluding hydrogens is 257 g/mol. The highest BCUT2D eigenvalue weighted by Crippen LogP contribution is 2.29. The third-order valence-electron chi connectivity index (χ3n) is 2.36. The van der Waals surface area contributed by atoms with Crippen molar-refractivity contribution in [2.75, 3.05) is 6.54 Å². The van der Waals surface area contributed by atoms with E-state index in [-0.39, 0.29) is 12.1 Å². The Labute approximate surface area is 108 Å².